The first-order valence-electron chi connectivity index (χ1n) is 27.5. The summed E-state index contributed by atoms with van der Waals surface area (Å²) in [7, 11) is 0. The van der Waals surface area contributed by atoms with Crippen molar-refractivity contribution in [3.05, 3.63) is 246 Å². The molecule has 0 atom stereocenters. The fourth-order valence-corrected chi connectivity index (χ4v) is 11.3. The maximum Gasteiger partial charge on any atom is 2.00 e. The van der Waals surface area contributed by atoms with Crippen molar-refractivity contribution in [1.29, 1.82) is 0 Å². The average Bonchev–Trinajstić information content (AvgIpc) is 3.90. The molecule has 0 amide bonds. The zero-order valence-electron chi connectivity index (χ0n) is 46.3. The van der Waals surface area contributed by atoms with E-state index in [4.69, 9.17) is 21.3 Å². The van der Waals surface area contributed by atoms with E-state index in [0.29, 0.717) is 23.0 Å². The molecule has 80 heavy (non-hydrogen) atoms. The molecule has 0 saturated carbocycles. The monoisotopic (exact) mass is 1220 g/mol. The first kappa shape index (κ1) is 53.4. The first-order valence-corrected chi connectivity index (χ1v) is 27.5. The van der Waals surface area contributed by atoms with E-state index in [9.17, 15) is 0 Å². The minimum Gasteiger partial charge on any atom is -0.496 e. The summed E-state index contributed by atoms with van der Waals surface area (Å²) in [6, 6.07) is 77.6. The van der Waals surface area contributed by atoms with Gasteiger partial charge in [-0.25, -0.2) is 4.85 Å². The van der Waals surface area contributed by atoms with Crippen molar-refractivity contribution < 1.29 is 25.8 Å². The molecule has 12 aromatic rings. The zero-order chi connectivity index (χ0) is 54.5. The predicted octanol–water partition coefficient (Wildman–Crippen LogP) is 20.3. The second-order valence-corrected chi connectivity index (χ2v) is 21.9. The van der Waals surface area contributed by atoms with Gasteiger partial charge in [-0.1, -0.05) is 212 Å². The number of rotatable bonds is 13. The maximum atomic E-state index is 8.49. The molecule has 0 bridgehead atoms. The molecule has 0 N–H and O–H groups in total. The number of hydrogen-bond donors (Lipinski definition) is 0. The summed E-state index contributed by atoms with van der Waals surface area (Å²) >= 11 is 0. The van der Waals surface area contributed by atoms with E-state index in [0.717, 1.165) is 83.4 Å². The molecule has 0 spiro atoms. The number of benzene rings is 10. The Balaban J connectivity index is 0.00000675. The van der Waals surface area contributed by atoms with Crippen LogP contribution in [0.25, 0.3) is 105 Å². The molecule has 0 aliphatic carbocycles. The van der Waals surface area contributed by atoms with Gasteiger partial charge in [0.05, 0.1) is 46.0 Å². The van der Waals surface area contributed by atoms with Crippen LogP contribution in [0.4, 0.5) is 5.69 Å². The Bertz CT molecular complexity index is 4240. The quantitative estimate of drug-likeness (QED) is 0.108. The van der Waals surface area contributed by atoms with Crippen molar-refractivity contribution in [2.24, 2.45) is 0 Å². The third-order valence-corrected chi connectivity index (χ3v) is 15.3. The number of nitrogens with zero attached hydrogens (tertiary/aromatic N) is 5. The molecule has 0 aliphatic heterocycles. The molecule has 7 heteroatoms. The third-order valence-electron chi connectivity index (χ3n) is 15.3. The van der Waals surface area contributed by atoms with Crippen LogP contribution in [0.5, 0.6) is 11.5 Å². The molecule has 2 aromatic heterocycles. The van der Waals surface area contributed by atoms with Gasteiger partial charge in [-0.3, -0.25) is 9.97 Å². The zero-order valence-corrected chi connectivity index (χ0v) is 48.6. The Kier molecular flexibility index (Phi) is 14.9. The van der Waals surface area contributed by atoms with Crippen molar-refractivity contribution in [1.82, 2.24) is 19.1 Å². The Labute approximate surface area is 484 Å². The van der Waals surface area contributed by atoms with E-state index in [1.54, 1.807) is 0 Å². The number of aromatic nitrogens is 4. The van der Waals surface area contributed by atoms with E-state index >= 15 is 0 Å². The number of imidazole rings is 2. The smallest absolute Gasteiger partial charge is 0.496 e. The fourth-order valence-electron chi connectivity index (χ4n) is 11.3. The molecule has 0 unspecified atom stereocenters. The van der Waals surface area contributed by atoms with Crippen LogP contribution in [0.3, 0.4) is 0 Å². The second kappa shape index (κ2) is 22.3. The standard InChI is InChI=1S/C73H61N5O.Pt/c1-45(2)60-40-55(50-24-14-11-15-25-50)41-61(46(3)4)69(60)77-67-33-19-18-30-64(67)75-72(77)54-27-20-28-58(39-54)79-68-44-57(38-53-26-16-17-29-59(53)68)73-76-66-32-21-31-65(74-9)71(66)78(73)70-62(47(5)6)42-56(43-63(70)48(7)8)52-36-34-51(35-37-52)49-22-12-10-13-23-49;/h10-38,40-43,45-48H,1-8H3;/q-2;+2. The van der Waals surface area contributed by atoms with Crippen LogP contribution in [0, 0.1) is 18.7 Å². The summed E-state index contributed by atoms with van der Waals surface area (Å²) in [5, 5.41) is 1.87. The number of fused-ring (bicyclic) bond motifs is 3. The molecule has 0 fully saturated rings. The number of hydrogen-bond acceptors (Lipinski definition) is 3. The Hall–Kier alpha value is -8.62. The van der Waals surface area contributed by atoms with Gasteiger partial charge < -0.3 is 13.9 Å². The van der Waals surface area contributed by atoms with Gasteiger partial charge in [0.15, 0.2) is 0 Å². The maximum absolute atomic E-state index is 8.49. The van der Waals surface area contributed by atoms with Gasteiger partial charge >= 0.3 is 21.1 Å². The summed E-state index contributed by atoms with van der Waals surface area (Å²) in [4.78, 5) is 14.9. The summed E-state index contributed by atoms with van der Waals surface area (Å²) in [5.74, 6) is 3.23. The van der Waals surface area contributed by atoms with Gasteiger partial charge in [0, 0.05) is 17.1 Å². The van der Waals surface area contributed by atoms with Crippen LogP contribution in [0.2, 0.25) is 0 Å². The molecule has 0 radical (unpaired) electrons. The minimum atomic E-state index is 0. The molecule has 394 valence electrons. The van der Waals surface area contributed by atoms with Crippen LogP contribution in [0.1, 0.15) is 101 Å². The summed E-state index contributed by atoms with van der Waals surface area (Å²) < 4.78 is 11.7. The van der Waals surface area contributed by atoms with Crippen LogP contribution < -0.4 is 4.74 Å². The van der Waals surface area contributed by atoms with Crippen LogP contribution in [-0.4, -0.2) is 19.1 Å². The molecule has 6 nitrogen and oxygen atoms in total. The number of para-hydroxylation sites is 3. The minimum absolute atomic E-state index is 0. The van der Waals surface area contributed by atoms with Crippen molar-refractivity contribution in [2.75, 3.05) is 0 Å². The van der Waals surface area contributed by atoms with Gasteiger partial charge in [-0.15, -0.1) is 35.4 Å². The Morgan fingerprint density at radius 1 is 0.438 bits per heavy atom. The molecule has 0 aliphatic rings. The fraction of sp³-hybridized carbons (Fsp3) is 0.164. The predicted molar refractivity (Wildman–Crippen MR) is 327 cm³/mol. The molecular formula is C73H61N5OPt. The Morgan fingerprint density at radius 2 is 0.912 bits per heavy atom. The normalized spacial score (nSPS) is 11.6. The van der Waals surface area contributed by atoms with E-state index in [-0.39, 0.29) is 44.7 Å². The topological polar surface area (TPSA) is 49.2 Å². The SMILES string of the molecule is [C-]#[N+]c1cccc2nc(-c3[c-]c(Oc4[c-]c(-c5nc6ccccc6n5-c5c(C(C)C)cc(-c6ccccc6)cc5C(C)C)ccc4)c4ccccc4c3)n(-c3c(C(C)C)cc(-c4ccc(-c5ccccc5)cc4)cc3C(C)C)c12.[Pt+2]. The van der Waals surface area contributed by atoms with Crippen molar-refractivity contribution >= 4 is 38.5 Å². The van der Waals surface area contributed by atoms with Gasteiger partial charge in [0.25, 0.3) is 0 Å². The number of ether oxygens (including phenoxy) is 1. The summed E-state index contributed by atoms with van der Waals surface area (Å²) in [5.41, 5.74) is 19.6. The second-order valence-electron chi connectivity index (χ2n) is 21.9. The molecule has 0 saturated heterocycles. The first-order chi connectivity index (χ1) is 38.4. The molecular weight excluding hydrogens is 1160 g/mol. The summed E-state index contributed by atoms with van der Waals surface area (Å²) in [6.45, 7) is 26.6. The van der Waals surface area contributed by atoms with Gasteiger partial charge in [-0.05, 0) is 122 Å². The van der Waals surface area contributed by atoms with Gasteiger partial charge in [-0.2, -0.15) is 0 Å². The summed E-state index contributed by atoms with van der Waals surface area (Å²) in [6.07, 6.45) is 0. The van der Waals surface area contributed by atoms with Gasteiger partial charge in [0.2, 0.25) is 5.69 Å². The largest absolute Gasteiger partial charge is 2.00 e. The van der Waals surface area contributed by atoms with Crippen molar-refractivity contribution in [2.45, 2.75) is 79.1 Å². The van der Waals surface area contributed by atoms with Crippen LogP contribution in [0.15, 0.2) is 200 Å². The van der Waals surface area contributed by atoms with E-state index in [1.165, 1.54) is 33.4 Å². The van der Waals surface area contributed by atoms with Gasteiger partial charge in [0.1, 0.15) is 0 Å². The van der Waals surface area contributed by atoms with Crippen LogP contribution >= 0.6 is 0 Å². The van der Waals surface area contributed by atoms with Crippen molar-refractivity contribution in [3.63, 3.8) is 0 Å². The third kappa shape index (κ3) is 9.86. The molecule has 12 rings (SSSR count). The van der Waals surface area contributed by atoms with E-state index in [1.807, 2.05) is 36.4 Å². The van der Waals surface area contributed by atoms with Crippen molar-refractivity contribution in [3.8, 4) is 79.0 Å². The van der Waals surface area contributed by atoms with E-state index in [2.05, 4.69) is 245 Å². The van der Waals surface area contributed by atoms with E-state index < -0.39 is 0 Å². The molecule has 2 heterocycles. The Morgan fingerprint density at radius 3 is 1.51 bits per heavy atom. The average molecular weight is 1220 g/mol. The molecule has 10 aromatic carbocycles. The van der Waals surface area contributed by atoms with Crippen LogP contribution in [-0.2, 0) is 21.1 Å².